The van der Waals surface area contributed by atoms with Gasteiger partial charge in [0.25, 0.3) is 5.91 Å². The number of hydrogen-bond acceptors (Lipinski definition) is 3. The van der Waals surface area contributed by atoms with Gasteiger partial charge >= 0.3 is 0 Å². The molecule has 1 aliphatic rings. The SMILES string of the molecule is Cc1cc(Br)cnc1NC(=O)[C@H]1CCCO1. The smallest absolute Gasteiger partial charge is 0.254 e. The average molecular weight is 285 g/mol. The number of halogens is 1. The number of rotatable bonds is 2. The lowest BCUT2D eigenvalue weighted by molar-refractivity contribution is -0.124. The molecule has 0 bridgehead atoms. The fourth-order valence-corrected chi connectivity index (χ4v) is 2.10. The van der Waals surface area contributed by atoms with Crippen LogP contribution in [0.2, 0.25) is 0 Å². The molecule has 16 heavy (non-hydrogen) atoms. The first-order chi connectivity index (χ1) is 7.66. The highest BCUT2D eigenvalue weighted by molar-refractivity contribution is 9.10. The second-order valence-corrected chi connectivity index (χ2v) is 4.73. The second-order valence-electron chi connectivity index (χ2n) is 3.81. The van der Waals surface area contributed by atoms with Gasteiger partial charge in [0.1, 0.15) is 11.9 Å². The van der Waals surface area contributed by atoms with Gasteiger partial charge in [0.2, 0.25) is 0 Å². The van der Waals surface area contributed by atoms with E-state index in [2.05, 4.69) is 26.2 Å². The van der Waals surface area contributed by atoms with Crippen LogP contribution in [-0.2, 0) is 9.53 Å². The minimum atomic E-state index is -0.315. The summed E-state index contributed by atoms with van der Waals surface area (Å²) in [6.45, 7) is 2.58. The highest BCUT2D eigenvalue weighted by Crippen LogP contribution is 2.19. The van der Waals surface area contributed by atoms with Gasteiger partial charge in [-0.25, -0.2) is 4.98 Å². The summed E-state index contributed by atoms with van der Waals surface area (Å²) in [4.78, 5) is 15.9. The molecule has 0 saturated carbocycles. The van der Waals surface area contributed by atoms with Crippen LogP contribution >= 0.6 is 15.9 Å². The molecule has 2 heterocycles. The molecule has 5 heteroatoms. The van der Waals surface area contributed by atoms with Crippen LogP contribution in [0.5, 0.6) is 0 Å². The predicted molar refractivity (Wildman–Crippen MR) is 64.3 cm³/mol. The Bertz CT molecular complexity index is 403. The van der Waals surface area contributed by atoms with Gasteiger partial charge < -0.3 is 10.1 Å². The van der Waals surface area contributed by atoms with Crippen LogP contribution in [0.4, 0.5) is 5.82 Å². The fourth-order valence-electron chi connectivity index (χ4n) is 1.65. The summed E-state index contributed by atoms with van der Waals surface area (Å²) in [5, 5.41) is 2.78. The lowest BCUT2D eigenvalue weighted by Crippen LogP contribution is -2.27. The molecule has 0 aliphatic carbocycles. The van der Waals surface area contributed by atoms with Gasteiger partial charge in [0, 0.05) is 17.3 Å². The summed E-state index contributed by atoms with van der Waals surface area (Å²) >= 11 is 3.33. The molecule has 86 valence electrons. The van der Waals surface area contributed by atoms with Crippen molar-refractivity contribution in [1.29, 1.82) is 0 Å². The highest BCUT2D eigenvalue weighted by Gasteiger charge is 2.24. The number of aryl methyl sites for hydroxylation is 1. The standard InChI is InChI=1S/C11H13BrN2O2/c1-7-5-8(12)6-13-10(7)14-11(15)9-3-2-4-16-9/h5-6,9H,2-4H2,1H3,(H,13,14,15)/t9-/m1/s1. The van der Waals surface area contributed by atoms with Crippen molar-refractivity contribution in [3.63, 3.8) is 0 Å². The third-order valence-corrected chi connectivity index (χ3v) is 2.94. The normalized spacial score (nSPS) is 19.8. The monoisotopic (exact) mass is 284 g/mol. The molecular weight excluding hydrogens is 272 g/mol. The Hall–Kier alpha value is -0.940. The first-order valence-electron chi connectivity index (χ1n) is 5.21. The molecular formula is C11H13BrN2O2. The topological polar surface area (TPSA) is 51.2 Å². The molecule has 0 spiro atoms. The zero-order chi connectivity index (χ0) is 11.5. The van der Waals surface area contributed by atoms with Crippen molar-refractivity contribution < 1.29 is 9.53 Å². The minimum absolute atomic E-state index is 0.101. The first-order valence-corrected chi connectivity index (χ1v) is 6.01. The minimum Gasteiger partial charge on any atom is -0.368 e. The number of pyridine rings is 1. The van der Waals surface area contributed by atoms with Crippen molar-refractivity contribution in [3.05, 3.63) is 22.3 Å². The molecule has 4 nitrogen and oxygen atoms in total. The molecule has 1 aromatic rings. The fraction of sp³-hybridized carbons (Fsp3) is 0.455. The first kappa shape index (κ1) is 11.5. The quantitative estimate of drug-likeness (QED) is 0.907. The number of hydrogen-bond donors (Lipinski definition) is 1. The molecule has 1 atom stereocenters. The van der Waals surface area contributed by atoms with E-state index in [0.717, 1.165) is 22.9 Å². The van der Waals surface area contributed by atoms with Gasteiger partial charge in [-0.05, 0) is 47.3 Å². The molecule has 1 N–H and O–H groups in total. The molecule has 1 fully saturated rings. The van der Waals surface area contributed by atoms with Gasteiger partial charge in [-0.2, -0.15) is 0 Å². The van der Waals surface area contributed by atoms with Crippen molar-refractivity contribution in [2.45, 2.75) is 25.9 Å². The van der Waals surface area contributed by atoms with E-state index in [0.29, 0.717) is 12.4 Å². The van der Waals surface area contributed by atoms with Gasteiger partial charge in [-0.15, -0.1) is 0 Å². The molecule has 1 saturated heterocycles. The molecule has 0 radical (unpaired) electrons. The van der Waals surface area contributed by atoms with Crippen LogP contribution in [0, 0.1) is 6.92 Å². The second kappa shape index (κ2) is 4.93. The van der Waals surface area contributed by atoms with E-state index in [1.807, 2.05) is 13.0 Å². The maximum atomic E-state index is 11.8. The Kier molecular flexibility index (Phi) is 3.56. The molecule has 0 aromatic carbocycles. The van der Waals surface area contributed by atoms with E-state index in [4.69, 9.17) is 4.74 Å². The van der Waals surface area contributed by atoms with Crippen molar-refractivity contribution in [1.82, 2.24) is 4.98 Å². The van der Waals surface area contributed by atoms with E-state index in [1.54, 1.807) is 6.20 Å². The number of nitrogens with one attached hydrogen (secondary N) is 1. The Morgan fingerprint density at radius 1 is 1.69 bits per heavy atom. The molecule has 0 unspecified atom stereocenters. The lowest BCUT2D eigenvalue weighted by Gasteiger charge is -2.11. The van der Waals surface area contributed by atoms with Gasteiger partial charge in [-0.3, -0.25) is 4.79 Å². The Labute approximate surface area is 103 Å². The summed E-state index contributed by atoms with van der Waals surface area (Å²) in [6.07, 6.45) is 3.09. The van der Waals surface area contributed by atoms with Crippen LogP contribution in [0.25, 0.3) is 0 Å². The van der Waals surface area contributed by atoms with Crippen molar-refractivity contribution >= 4 is 27.7 Å². The van der Waals surface area contributed by atoms with Gasteiger partial charge in [-0.1, -0.05) is 0 Å². The zero-order valence-electron chi connectivity index (χ0n) is 9.00. The van der Waals surface area contributed by atoms with Gasteiger partial charge in [0.15, 0.2) is 0 Å². The summed E-state index contributed by atoms with van der Waals surface area (Å²) in [6, 6.07) is 1.91. The van der Waals surface area contributed by atoms with Gasteiger partial charge in [0.05, 0.1) is 0 Å². The van der Waals surface area contributed by atoms with E-state index in [-0.39, 0.29) is 12.0 Å². The number of carbonyl (C=O) groups excluding carboxylic acids is 1. The third kappa shape index (κ3) is 2.59. The molecule has 1 aromatic heterocycles. The summed E-state index contributed by atoms with van der Waals surface area (Å²) < 4.78 is 6.20. The van der Waals surface area contributed by atoms with E-state index in [9.17, 15) is 4.79 Å². The number of anilines is 1. The highest BCUT2D eigenvalue weighted by atomic mass is 79.9. The number of ether oxygens (including phenoxy) is 1. The van der Waals surface area contributed by atoms with Crippen molar-refractivity contribution in [3.8, 4) is 0 Å². The maximum absolute atomic E-state index is 11.8. The van der Waals surface area contributed by atoms with Crippen LogP contribution in [0.15, 0.2) is 16.7 Å². The maximum Gasteiger partial charge on any atom is 0.254 e. The van der Waals surface area contributed by atoms with E-state index >= 15 is 0 Å². The number of amides is 1. The van der Waals surface area contributed by atoms with Crippen LogP contribution in [0.3, 0.4) is 0 Å². The van der Waals surface area contributed by atoms with E-state index < -0.39 is 0 Å². The van der Waals surface area contributed by atoms with Crippen molar-refractivity contribution in [2.75, 3.05) is 11.9 Å². The Morgan fingerprint density at radius 2 is 2.50 bits per heavy atom. The Morgan fingerprint density at radius 3 is 3.12 bits per heavy atom. The Balaban J connectivity index is 2.05. The largest absolute Gasteiger partial charge is 0.368 e. The summed E-state index contributed by atoms with van der Waals surface area (Å²) in [5.74, 6) is 0.499. The molecule has 2 rings (SSSR count). The summed E-state index contributed by atoms with van der Waals surface area (Å²) in [5.41, 5.74) is 0.931. The van der Waals surface area contributed by atoms with Crippen LogP contribution in [0.1, 0.15) is 18.4 Å². The summed E-state index contributed by atoms with van der Waals surface area (Å²) in [7, 11) is 0. The molecule has 1 amide bonds. The number of nitrogens with zero attached hydrogens (tertiary/aromatic N) is 1. The number of carbonyl (C=O) groups is 1. The lowest BCUT2D eigenvalue weighted by atomic mass is 10.2. The average Bonchev–Trinajstić information content (AvgIpc) is 2.75. The predicted octanol–water partition coefficient (Wildman–Crippen LogP) is 2.27. The third-order valence-electron chi connectivity index (χ3n) is 2.51. The number of aromatic nitrogens is 1. The molecule has 1 aliphatic heterocycles. The van der Waals surface area contributed by atoms with Crippen LogP contribution < -0.4 is 5.32 Å². The van der Waals surface area contributed by atoms with Crippen molar-refractivity contribution in [2.24, 2.45) is 0 Å². The van der Waals surface area contributed by atoms with Crippen LogP contribution in [-0.4, -0.2) is 23.6 Å². The van der Waals surface area contributed by atoms with E-state index in [1.165, 1.54) is 0 Å². The zero-order valence-corrected chi connectivity index (χ0v) is 10.6.